The van der Waals surface area contributed by atoms with Gasteiger partial charge in [0.1, 0.15) is 12.0 Å². The average molecular weight is 283 g/mol. The van der Waals surface area contributed by atoms with Crippen molar-refractivity contribution in [2.75, 3.05) is 11.9 Å². The van der Waals surface area contributed by atoms with Gasteiger partial charge < -0.3 is 4.90 Å². The van der Waals surface area contributed by atoms with Gasteiger partial charge in [0.25, 0.3) is 0 Å². The largest absolute Gasteiger partial charge is 0.330 e. The number of benzene rings is 1. The summed E-state index contributed by atoms with van der Waals surface area (Å²) in [4.78, 5) is 19.0. The maximum atomic E-state index is 13.2. The van der Waals surface area contributed by atoms with Crippen LogP contribution in [0.3, 0.4) is 0 Å². The van der Waals surface area contributed by atoms with Crippen LogP contribution in [0.2, 0.25) is 5.28 Å². The van der Waals surface area contributed by atoms with E-state index in [1.54, 1.807) is 6.07 Å². The summed E-state index contributed by atoms with van der Waals surface area (Å²) < 4.78 is 13.2. The molecule has 1 aromatic carbocycles. The third kappa shape index (κ3) is 2.76. The molecule has 0 aliphatic rings. The first-order valence-electron chi connectivity index (χ1n) is 5.15. The number of nitro groups is 1. The maximum Gasteiger partial charge on any atom is 0.330 e. The van der Waals surface area contributed by atoms with Gasteiger partial charge in [0.15, 0.2) is 0 Å². The van der Waals surface area contributed by atoms with Crippen molar-refractivity contribution in [2.24, 2.45) is 0 Å². The highest BCUT2D eigenvalue weighted by molar-refractivity contribution is 6.28. The zero-order chi connectivity index (χ0) is 14.0. The van der Waals surface area contributed by atoms with E-state index in [9.17, 15) is 14.5 Å². The van der Waals surface area contributed by atoms with Crippen molar-refractivity contribution in [2.45, 2.75) is 0 Å². The van der Waals surface area contributed by atoms with Crippen molar-refractivity contribution in [3.8, 4) is 0 Å². The van der Waals surface area contributed by atoms with E-state index in [1.165, 1.54) is 30.1 Å². The fourth-order valence-electron chi connectivity index (χ4n) is 1.53. The second-order valence-corrected chi connectivity index (χ2v) is 3.98. The van der Waals surface area contributed by atoms with Gasteiger partial charge in [0, 0.05) is 12.7 Å². The van der Waals surface area contributed by atoms with E-state index in [-0.39, 0.29) is 16.8 Å². The molecule has 0 unspecified atom stereocenters. The van der Waals surface area contributed by atoms with Crippen LogP contribution < -0.4 is 4.90 Å². The van der Waals surface area contributed by atoms with Crippen molar-refractivity contribution in [3.05, 3.63) is 51.7 Å². The molecule has 0 saturated heterocycles. The standard InChI is InChI=1S/C11H8ClFN4O2/c1-16(8-4-2-3-7(13)5-8)10-9(17(18)19)6-14-11(12)15-10/h2-6H,1H3. The quantitative estimate of drug-likeness (QED) is 0.492. The molecule has 0 amide bonds. The summed E-state index contributed by atoms with van der Waals surface area (Å²) in [5.74, 6) is -0.456. The summed E-state index contributed by atoms with van der Waals surface area (Å²) in [6.45, 7) is 0. The molecule has 0 radical (unpaired) electrons. The van der Waals surface area contributed by atoms with Crippen LogP contribution in [0.4, 0.5) is 21.6 Å². The Labute approximate surface area is 112 Å². The van der Waals surface area contributed by atoms with Crippen molar-refractivity contribution < 1.29 is 9.31 Å². The minimum absolute atomic E-state index is 0.00407. The van der Waals surface area contributed by atoms with Gasteiger partial charge in [-0.15, -0.1) is 0 Å². The molecule has 0 atom stereocenters. The van der Waals surface area contributed by atoms with Gasteiger partial charge >= 0.3 is 5.69 Å². The van der Waals surface area contributed by atoms with Crippen molar-refractivity contribution in [1.82, 2.24) is 9.97 Å². The molecule has 6 nitrogen and oxygen atoms in total. The number of halogens is 2. The van der Waals surface area contributed by atoms with Gasteiger partial charge in [-0.05, 0) is 29.8 Å². The number of nitrogens with zero attached hydrogens (tertiary/aromatic N) is 4. The molecule has 2 aromatic rings. The molecule has 0 spiro atoms. The molecule has 0 fully saturated rings. The van der Waals surface area contributed by atoms with E-state index in [4.69, 9.17) is 11.6 Å². The van der Waals surface area contributed by atoms with Crippen LogP contribution in [-0.4, -0.2) is 21.9 Å². The van der Waals surface area contributed by atoms with Crippen LogP contribution in [0, 0.1) is 15.9 Å². The minimum atomic E-state index is -0.624. The van der Waals surface area contributed by atoms with Crippen LogP contribution in [0.25, 0.3) is 0 Å². The summed E-state index contributed by atoms with van der Waals surface area (Å²) >= 11 is 5.64. The Morgan fingerprint density at radius 2 is 2.21 bits per heavy atom. The molecular weight excluding hydrogens is 275 g/mol. The van der Waals surface area contributed by atoms with E-state index in [2.05, 4.69) is 9.97 Å². The summed E-state index contributed by atoms with van der Waals surface area (Å²) in [7, 11) is 1.53. The molecule has 0 aliphatic carbocycles. The Morgan fingerprint density at radius 3 is 2.84 bits per heavy atom. The topological polar surface area (TPSA) is 72.2 Å². The predicted molar refractivity (Wildman–Crippen MR) is 68.2 cm³/mol. The fraction of sp³-hybridized carbons (Fsp3) is 0.0909. The van der Waals surface area contributed by atoms with Crippen molar-refractivity contribution in [1.29, 1.82) is 0 Å². The van der Waals surface area contributed by atoms with Crippen LogP contribution in [-0.2, 0) is 0 Å². The number of hydrogen-bond donors (Lipinski definition) is 0. The zero-order valence-electron chi connectivity index (χ0n) is 9.75. The first-order valence-corrected chi connectivity index (χ1v) is 5.53. The summed E-state index contributed by atoms with van der Waals surface area (Å²) in [6.07, 6.45) is 1.01. The Bertz CT molecular complexity index is 638. The average Bonchev–Trinajstić information content (AvgIpc) is 2.37. The lowest BCUT2D eigenvalue weighted by atomic mass is 10.3. The first kappa shape index (κ1) is 13.2. The third-order valence-corrected chi connectivity index (χ3v) is 2.61. The second kappa shape index (κ2) is 5.15. The van der Waals surface area contributed by atoms with Gasteiger partial charge in [-0.25, -0.2) is 9.37 Å². The highest BCUT2D eigenvalue weighted by Crippen LogP contribution is 2.30. The monoisotopic (exact) mass is 282 g/mol. The Hall–Kier alpha value is -2.28. The van der Waals surface area contributed by atoms with Gasteiger partial charge in [0.2, 0.25) is 11.1 Å². The van der Waals surface area contributed by atoms with Crippen LogP contribution in [0.15, 0.2) is 30.5 Å². The molecular formula is C11H8ClFN4O2. The highest BCUT2D eigenvalue weighted by atomic mass is 35.5. The highest BCUT2D eigenvalue weighted by Gasteiger charge is 2.21. The molecule has 98 valence electrons. The number of aromatic nitrogens is 2. The van der Waals surface area contributed by atoms with E-state index in [0.717, 1.165) is 6.20 Å². The Kier molecular flexibility index (Phi) is 3.57. The fourth-order valence-corrected chi connectivity index (χ4v) is 1.66. The molecule has 1 aromatic heterocycles. The summed E-state index contributed by atoms with van der Waals surface area (Å²) in [6, 6.07) is 5.61. The molecule has 1 heterocycles. The van der Waals surface area contributed by atoms with E-state index >= 15 is 0 Å². The van der Waals surface area contributed by atoms with E-state index in [0.29, 0.717) is 5.69 Å². The maximum absolute atomic E-state index is 13.2. The zero-order valence-corrected chi connectivity index (χ0v) is 10.5. The van der Waals surface area contributed by atoms with E-state index in [1.807, 2.05) is 0 Å². The minimum Gasteiger partial charge on any atom is -0.324 e. The molecule has 8 heteroatoms. The summed E-state index contributed by atoms with van der Waals surface area (Å²) in [5, 5.41) is 10.8. The first-order chi connectivity index (χ1) is 8.99. The van der Waals surface area contributed by atoms with Crippen molar-refractivity contribution >= 4 is 28.8 Å². The van der Waals surface area contributed by atoms with Gasteiger partial charge in [0.05, 0.1) is 4.92 Å². The SMILES string of the molecule is CN(c1cccc(F)c1)c1nc(Cl)ncc1[N+](=O)[O-]. The molecule has 0 N–H and O–H groups in total. The molecule has 19 heavy (non-hydrogen) atoms. The lowest BCUT2D eigenvalue weighted by Crippen LogP contribution is -2.14. The lowest BCUT2D eigenvalue weighted by Gasteiger charge is -2.17. The lowest BCUT2D eigenvalue weighted by molar-refractivity contribution is -0.384. The van der Waals surface area contributed by atoms with Crippen LogP contribution in [0.5, 0.6) is 0 Å². The predicted octanol–water partition coefficient (Wildman–Crippen LogP) is 2.95. The van der Waals surface area contributed by atoms with Crippen LogP contribution in [0.1, 0.15) is 0 Å². The molecule has 0 saturated carbocycles. The van der Waals surface area contributed by atoms with Crippen molar-refractivity contribution in [3.63, 3.8) is 0 Å². The van der Waals surface area contributed by atoms with E-state index < -0.39 is 10.7 Å². The second-order valence-electron chi connectivity index (χ2n) is 3.64. The Morgan fingerprint density at radius 1 is 1.47 bits per heavy atom. The molecule has 2 rings (SSSR count). The van der Waals surface area contributed by atoms with Gasteiger partial charge in [-0.2, -0.15) is 4.98 Å². The molecule has 0 aliphatic heterocycles. The summed E-state index contributed by atoms with van der Waals surface area (Å²) in [5.41, 5.74) is 0.106. The normalized spacial score (nSPS) is 10.3. The smallest absolute Gasteiger partial charge is 0.324 e. The molecule has 0 bridgehead atoms. The third-order valence-electron chi connectivity index (χ3n) is 2.43. The van der Waals surface area contributed by atoms with Crippen LogP contribution >= 0.6 is 11.6 Å². The number of anilines is 2. The van der Waals surface area contributed by atoms with Gasteiger partial charge in [-0.1, -0.05) is 6.07 Å². The van der Waals surface area contributed by atoms with Gasteiger partial charge in [-0.3, -0.25) is 10.1 Å². The number of rotatable bonds is 3. The Balaban J connectivity index is 2.51. The number of hydrogen-bond acceptors (Lipinski definition) is 5.